The average Bonchev–Trinajstić information content (AvgIpc) is 2.28. The van der Waals surface area contributed by atoms with Crippen LogP contribution in [0.5, 0.6) is 0 Å². The highest BCUT2D eigenvalue weighted by atomic mass is 19.4. The van der Waals surface area contributed by atoms with E-state index in [2.05, 4.69) is 5.32 Å². The zero-order valence-electron chi connectivity index (χ0n) is 9.80. The van der Waals surface area contributed by atoms with Crippen molar-refractivity contribution < 1.29 is 17.6 Å². The maximum Gasteiger partial charge on any atom is 0.403 e. The Morgan fingerprint density at radius 3 is 2.67 bits per heavy atom. The van der Waals surface area contributed by atoms with Gasteiger partial charge in [-0.2, -0.15) is 13.2 Å². The minimum atomic E-state index is -4.19. The van der Waals surface area contributed by atoms with Crippen LogP contribution in [0, 0.1) is 5.82 Å². The number of hydrogen-bond donors (Lipinski definition) is 1. The van der Waals surface area contributed by atoms with E-state index in [4.69, 9.17) is 0 Å². The Morgan fingerprint density at radius 1 is 1.22 bits per heavy atom. The van der Waals surface area contributed by atoms with E-state index in [1.165, 1.54) is 12.1 Å². The van der Waals surface area contributed by atoms with Gasteiger partial charge in [0.05, 0.1) is 0 Å². The van der Waals surface area contributed by atoms with Crippen LogP contribution >= 0.6 is 0 Å². The highest BCUT2D eigenvalue weighted by molar-refractivity contribution is 5.17. The number of piperidine rings is 1. The van der Waals surface area contributed by atoms with Gasteiger partial charge in [-0.05, 0) is 43.4 Å². The van der Waals surface area contributed by atoms with E-state index >= 15 is 0 Å². The summed E-state index contributed by atoms with van der Waals surface area (Å²) in [7, 11) is 0. The molecule has 1 fully saturated rings. The van der Waals surface area contributed by atoms with E-state index in [0.29, 0.717) is 19.3 Å². The van der Waals surface area contributed by atoms with Crippen LogP contribution in [0.15, 0.2) is 24.3 Å². The highest BCUT2D eigenvalue weighted by Gasteiger charge is 2.41. The molecule has 5 heteroatoms. The summed E-state index contributed by atoms with van der Waals surface area (Å²) >= 11 is 0. The zero-order valence-corrected chi connectivity index (χ0v) is 9.80. The normalized spacial score (nSPS) is 25.1. The van der Waals surface area contributed by atoms with Crippen molar-refractivity contribution in [1.82, 2.24) is 5.32 Å². The van der Waals surface area contributed by atoms with Crippen molar-refractivity contribution in [3.8, 4) is 0 Å². The Labute approximate surface area is 103 Å². The van der Waals surface area contributed by atoms with Gasteiger partial charge >= 0.3 is 6.18 Å². The van der Waals surface area contributed by atoms with Gasteiger partial charge in [-0.25, -0.2) is 4.39 Å². The molecule has 0 aromatic heterocycles. The number of rotatable bonds is 2. The van der Waals surface area contributed by atoms with E-state index in [1.807, 2.05) is 0 Å². The first-order chi connectivity index (χ1) is 8.45. The topological polar surface area (TPSA) is 12.0 Å². The molecule has 0 saturated carbocycles. The Bertz CT molecular complexity index is 402. The lowest BCUT2D eigenvalue weighted by atomic mass is 9.93. The lowest BCUT2D eigenvalue weighted by Gasteiger charge is -2.32. The monoisotopic (exact) mass is 261 g/mol. The molecule has 1 aromatic carbocycles. The molecular formula is C13H15F4N. The van der Waals surface area contributed by atoms with Crippen molar-refractivity contribution in [3.63, 3.8) is 0 Å². The summed E-state index contributed by atoms with van der Waals surface area (Å²) in [5, 5.41) is 2.61. The molecule has 0 spiro atoms. The smallest absolute Gasteiger partial charge is 0.303 e. The lowest BCUT2D eigenvalue weighted by molar-refractivity contribution is -0.163. The molecule has 18 heavy (non-hydrogen) atoms. The number of benzene rings is 1. The molecular weight excluding hydrogens is 246 g/mol. The van der Waals surface area contributed by atoms with Crippen LogP contribution in [-0.4, -0.2) is 18.3 Å². The SMILES string of the molecule is Fc1cccc(CC2CCCC(C(F)(F)F)N2)c1. The fraction of sp³-hybridized carbons (Fsp3) is 0.538. The molecule has 1 aliphatic rings. The van der Waals surface area contributed by atoms with Crippen LogP contribution in [0.25, 0.3) is 0 Å². The van der Waals surface area contributed by atoms with E-state index in [0.717, 1.165) is 5.56 Å². The highest BCUT2D eigenvalue weighted by Crippen LogP contribution is 2.28. The quantitative estimate of drug-likeness (QED) is 0.804. The molecule has 0 aliphatic carbocycles. The van der Waals surface area contributed by atoms with Crippen LogP contribution in [0.2, 0.25) is 0 Å². The van der Waals surface area contributed by atoms with Gasteiger partial charge in [0.25, 0.3) is 0 Å². The van der Waals surface area contributed by atoms with E-state index in [1.54, 1.807) is 12.1 Å². The number of alkyl halides is 3. The van der Waals surface area contributed by atoms with Crippen LogP contribution in [-0.2, 0) is 6.42 Å². The van der Waals surface area contributed by atoms with Crippen molar-refractivity contribution in [1.29, 1.82) is 0 Å². The van der Waals surface area contributed by atoms with Crippen LogP contribution in [0.3, 0.4) is 0 Å². The summed E-state index contributed by atoms with van der Waals surface area (Å²) in [6.45, 7) is 0. The van der Waals surface area contributed by atoms with Crippen LogP contribution < -0.4 is 5.32 Å². The zero-order chi connectivity index (χ0) is 13.2. The number of halogens is 4. The van der Waals surface area contributed by atoms with Crippen molar-refractivity contribution in [2.45, 2.75) is 43.9 Å². The van der Waals surface area contributed by atoms with Gasteiger partial charge in [0.2, 0.25) is 0 Å². The second-order valence-electron chi connectivity index (χ2n) is 4.72. The molecule has 100 valence electrons. The molecule has 1 saturated heterocycles. The Kier molecular flexibility index (Phi) is 3.90. The molecule has 2 rings (SSSR count). The van der Waals surface area contributed by atoms with Gasteiger partial charge in [-0.1, -0.05) is 12.1 Å². The third-order valence-corrected chi connectivity index (χ3v) is 3.25. The summed E-state index contributed by atoms with van der Waals surface area (Å²) in [6.07, 6.45) is -2.38. The molecule has 1 heterocycles. The molecule has 2 atom stereocenters. The summed E-state index contributed by atoms with van der Waals surface area (Å²) in [4.78, 5) is 0. The van der Waals surface area contributed by atoms with Gasteiger partial charge < -0.3 is 5.32 Å². The minimum Gasteiger partial charge on any atom is -0.303 e. The third-order valence-electron chi connectivity index (χ3n) is 3.25. The molecule has 0 radical (unpaired) electrons. The largest absolute Gasteiger partial charge is 0.403 e. The summed E-state index contributed by atoms with van der Waals surface area (Å²) < 4.78 is 50.8. The van der Waals surface area contributed by atoms with Crippen molar-refractivity contribution in [3.05, 3.63) is 35.6 Å². The summed E-state index contributed by atoms with van der Waals surface area (Å²) in [5.74, 6) is -0.351. The standard InChI is InChI=1S/C13H15F4N/c14-10-4-1-3-9(7-10)8-11-5-2-6-12(18-11)13(15,16)17/h1,3-4,7,11-12,18H,2,5-6,8H2. The van der Waals surface area contributed by atoms with E-state index in [-0.39, 0.29) is 18.3 Å². The molecule has 1 nitrogen and oxygen atoms in total. The first-order valence-corrected chi connectivity index (χ1v) is 6.02. The lowest BCUT2D eigenvalue weighted by Crippen LogP contribution is -2.50. The molecule has 1 N–H and O–H groups in total. The minimum absolute atomic E-state index is 0.128. The summed E-state index contributed by atoms with van der Waals surface area (Å²) in [5.41, 5.74) is 0.732. The predicted molar refractivity (Wildman–Crippen MR) is 60.7 cm³/mol. The summed E-state index contributed by atoms with van der Waals surface area (Å²) in [6, 6.07) is 4.36. The van der Waals surface area contributed by atoms with Crippen LogP contribution in [0.1, 0.15) is 24.8 Å². The first-order valence-electron chi connectivity index (χ1n) is 6.02. The molecule has 1 aliphatic heterocycles. The average molecular weight is 261 g/mol. The van der Waals surface area contributed by atoms with Gasteiger partial charge in [0.15, 0.2) is 0 Å². The Hall–Kier alpha value is -1.10. The number of hydrogen-bond acceptors (Lipinski definition) is 1. The first kappa shape index (κ1) is 13.3. The second kappa shape index (κ2) is 5.26. The van der Waals surface area contributed by atoms with Crippen LogP contribution in [0.4, 0.5) is 17.6 Å². The van der Waals surface area contributed by atoms with Crippen molar-refractivity contribution in [2.75, 3.05) is 0 Å². The maximum absolute atomic E-state index is 13.0. The van der Waals surface area contributed by atoms with Crippen molar-refractivity contribution >= 4 is 0 Å². The van der Waals surface area contributed by atoms with Gasteiger partial charge in [0.1, 0.15) is 11.9 Å². The Morgan fingerprint density at radius 2 is 2.00 bits per heavy atom. The fourth-order valence-corrected chi connectivity index (χ4v) is 2.39. The molecule has 1 aromatic rings. The molecule has 0 amide bonds. The number of nitrogens with one attached hydrogen (secondary N) is 1. The maximum atomic E-state index is 13.0. The van der Waals surface area contributed by atoms with Gasteiger partial charge in [0, 0.05) is 6.04 Å². The van der Waals surface area contributed by atoms with Crippen molar-refractivity contribution in [2.24, 2.45) is 0 Å². The third kappa shape index (κ3) is 3.45. The predicted octanol–water partition coefficient (Wildman–Crippen LogP) is 3.44. The Balaban J connectivity index is 1.98. The van der Waals surface area contributed by atoms with Gasteiger partial charge in [-0.3, -0.25) is 0 Å². The molecule has 0 bridgehead atoms. The molecule has 2 unspecified atom stereocenters. The van der Waals surface area contributed by atoms with E-state index < -0.39 is 12.2 Å². The second-order valence-corrected chi connectivity index (χ2v) is 4.72. The van der Waals surface area contributed by atoms with Gasteiger partial charge in [-0.15, -0.1) is 0 Å². The van der Waals surface area contributed by atoms with E-state index in [9.17, 15) is 17.6 Å². The fourth-order valence-electron chi connectivity index (χ4n) is 2.39.